The Kier molecular flexibility index (Phi) is 7.67. The van der Waals surface area contributed by atoms with E-state index in [1.165, 1.54) is 12.1 Å². The van der Waals surface area contributed by atoms with Gasteiger partial charge in [-0.15, -0.1) is 0 Å². The highest BCUT2D eigenvalue weighted by atomic mass is 35.5. The minimum Gasteiger partial charge on any atom is -0.461 e. The van der Waals surface area contributed by atoms with Gasteiger partial charge in [-0.2, -0.15) is 0 Å². The van der Waals surface area contributed by atoms with E-state index >= 15 is 0 Å². The van der Waals surface area contributed by atoms with E-state index in [9.17, 15) is 31.5 Å². The van der Waals surface area contributed by atoms with Crippen LogP contribution in [0, 0.1) is 29.1 Å². The summed E-state index contributed by atoms with van der Waals surface area (Å²) in [5.41, 5.74) is -1.32. The first-order chi connectivity index (χ1) is 13.5. The Labute approximate surface area is 175 Å². The largest absolute Gasteiger partial charge is 0.461 e. The maximum Gasteiger partial charge on any atom is 0.311 e. The molecule has 2 rings (SSSR count). The summed E-state index contributed by atoms with van der Waals surface area (Å²) in [4.78, 5) is 23.4. The van der Waals surface area contributed by atoms with Crippen molar-refractivity contribution < 1.29 is 41.0 Å². The van der Waals surface area contributed by atoms with Crippen LogP contribution in [0.25, 0.3) is 0 Å². The number of esters is 2. The van der Waals surface area contributed by atoms with Crippen LogP contribution in [-0.2, 0) is 20.9 Å². The van der Waals surface area contributed by atoms with Gasteiger partial charge < -0.3 is 9.47 Å². The number of carbonyl (C=O) groups is 2. The Bertz CT molecular complexity index is 932. The third-order valence-electron chi connectivity index (χ3n) is 3.39. The van der Waals surface area contributed by atoms with Gasteiger partial charge >= 0.3 is 11.9 Å². The SMILES string of the molecule is O=C(CCC(=O)Oc1c(Cl)cc(Cl)cc1Cl)OCc1c(F)c(F)c(F)c(F)c1F. The number of halogens is 8. The Morgan fingerprint density at radius 2 is 1.21 bits per heavy atom. The zero-order chi connectivity index (χ0) is 21.9. The fourth-order valence-corrected chi connectivity index (χ4v) is 2.89. The maximum absolute atomic E-state index is 13.5. The minimum atomic E-state index is -2.34. The highest BCUT2D eigenvalue weighted by molar-refractivity contribution is 6.40. The molecule has 4 nitrogen and oxygen atoms in total. The summed E-state index contributed by atoms with van der Waals surface area (Å²) in [7, 11) is 0. The van der Waals surface area contributed by atoms with Crippen molar-refractivity contribution in [2.24, 2.45) is 0 Å². The average Bonchev–Trinajstić information content (AvgIpc) is 2.66. The van der Waals surface area contributed by atoms with Crippen LogP contribution in [0.5, 0.6) is 5.75 Å². The molecule has 0 N–H and O–H groups in total. The fourth-order valence-electron chi connectivity index (χ4n) is 2.00. The highest BCUT2D eigenvalue weighted by Gasteiger charge is 2.26. The molecule has 29 heavy (non-hydrogen) atoms. The molecular weight excluding hydrogens is 470 g/mol. The summed E-state index contributed by atoms with van der Waals surface area (Å²) in [5.74, 6) is -13.2. The molecule has 0 spiro atoms. The van der Waals surface area contributed by atoms with Crippen LogP contribution in [0.1, 0.15) is 18.4 Å². The Hall–Kier alpha value is -2.10. The first-order valence-corrected chi connectivity index (χ1v) is 8.67. The van der Waals surface area contributed by atoms with E-state index in [-0.39, 0.29) is 20.8 Å². The molecule has 0 aliphatic rings. The topological polar surface area (TPSA) is 52.6 Å². The molecule has 0 fully saturated rings. The van der Waals surface area contributed by atoms with Crippen LogP contribution in [0.3, 0.4) is 0 Å². The van der Waals surface area contributed by atoms with Gasteiger partial charge in [0.05, 0.1) is 28.5 Å². The standard InChI is InChI=1S/C17H8Cl3F5O4/c18-6-3-8(19)17(9(20)4-6)29-11(27)2-1-10(26)28-5-7-12(21)14(23)16(25)15(24)13(7)22/h3-4H,1-2,5H2. The lowest BCUT2D eigenvalue weighted by Crippen LogP contribution is -2.14. The van der Waals surface area contributed by atoms with Gasteiger partial charge in [0.25, 0.3) is 0 Å². The van der Waals surface area contributed by atoms with Crippen LogP contribution in [0.2, 0.25) is 15.1 Å². The number of benzene rings is 2. The third kappa shape index (κ3) is 5.49. The molecule has 2 aromatic rings. The Balaban J connectivity index is 1.94. The highest BCUT2D eigenvalue weighted by Crippen LogP contribution is 2.36. The van der Waals surface area contributed by atoms with Gasteiger partial charge in [-0.1, -0.05) is 34.8 Å². The van der Waals surface area contributed by atoms with Crippen molar-refractivity contribution in [1.82, 2.24) is 0 Å². The van der Waals surface area contributed by atoms with Gasteiger partial charge in [-0.05, 0) is 12.1 Å². The smallest absolute Gasteiger partial charge is 0.311 e. The predicted octanol–water partition coefficient (Wildman–Crippen LogP) is 5.77. The lowest BCUT2D eigenvalue weighted by Gasteiger charge is -2.10. The molecule has 0 saturated heterocycles. The quantitative estimate of drug-likeness (QED) is 0.174. The van der Waals surface area contributed by atoms with Crippen LogP contribution >= 0.6 is 34.8 Å². The number of carbonyl (C=O) groups excluding carboxylic acids is 2. The van der Waals surface area contributed by atoms with Crippen molar-refractivity contribution in [2.75, 3.05) is 0 Å². The van der Waals surface area contributed by atoms with Crippen molar-refractivity contribution >= 4 is 46.7 Å². The summed E-state index contributed by atoms with van der Waals surface area (Å²) < 4.78 is 75.5. The third-order valence-corrected chi connectivity index (χ3v) is 4.17. The normalized spacial score (nSPS) is 10.8. The number of rotatable bonds is 6. The first kappa shape index (κ1) is 23.2. The van der Waals surface area contributed by atoms with Crippen molar-refractivity contribution in [3.63, 3.8) is 0 Å². The van der Waals surface area contributed by atoms with E-state index in [0.717, 1.165) is 0 Å². The number of hydrogen-bond donors (Lipinski definition) is 0. The predicted molar refractivity (Wildman–Crippen MR) is 92.4 cm³/mol. The van der Waals surface area contributed by atoms with Crippen molar-refractivity contribution in [2.45, 2.75) is 19.4 Å². The molecule has 0 atom stereocenters. The molecule has 0 bridgehead atoms. The second-order valence-corrected chi connectivity index (χ2v) is 6.63. The maximum atomic E-state index is 13.5. The summed E-state index contributed by atoms with van der Waals surface area (Å²) in [6, 6.07) is 2.52. The first-order valence-electron chi connectivity index (χ1n) is 7.54. The monoisotopic (exact) mass is 476 g/mol. The molecule has 0 aliphatic carbocycles. The molecule has 0 unspecified atom stereocenters. The van der Waals surface area contributed by atoms with Crippen molar-refractivity contribution in [1.29, 1.82) is 0 Å². The van der Waals surface area contributed by atoms with Gasteiger partial charge in [0, 0.05) is 5.02 Å². The van der Waals surface area contributed by atoms with Crippen LogP contribution in [0.15, 0.2) is 12.1 Å². The van der Waals surface area contributed by atoms with Gasteiger partial charge in [-0.25, -0.2) is 22.0 Å². The zero-order valence-corrected chi connectivity index (χ0v) is 16.2. The van der Waals surface area contributed by atoms with Crippen LogP contribution in [-0.4, -0.2) is 11.9 Å². The summed E-state index contributed by atoms with van der Waals surface area (Å²) in [5, 5.41) is 0.0611. The van der Waals surface area contributed by atoms with Crippen molar-refractivity contribution in [3.8, 4) is 5.75 Å². The van der Waals surface area contributed by atoms with E-state index in [1.54, 1.807) is 0 Å². The molecule has 12 heteroatoms. The zero-order valence-electron chi connectivity index (χ0n) is 13.9. The average molecular weight is 478 g/mol. The van der Waals surface area contributed by atoms with Gasteiger partial charge in [0.15, 0.2) is 29.0 Å². The Morgan fingerprint density at radius 3 is 1.72 bits per heavy atom. The lowest BCUT2D eigenvalue weighted by atomic mass is 10.2. The molecule has 0 heterocycles. The molecule has 0 saturated carbocycles. The number of ether oxygens (including phenoxy) is 2. The van der Waals surface area contributed by atoms with E-state index in [4.69, 9.17) is 39.5 Å². The molecule has 156 valence electrons. The van der Waals surface area contributed by atoms with Crippen LogP contribution in [0.4, 0.5) is 22.0 Å². The van der Waals surface area contributed by atoms with Gasteiger partial charge in [0.2, 0.25) is 5.82 Å². The second kappa shape index (κ2) is 9.60. The van der Waals surface area contributed by atoms with Gasteiger partial charge in [-0.3, -0.25) is 9.59 Å². The van der Waals surface area contributed by atoms with E-state index < -0.39 is 66.0 Å². The minimum absolute atomic E-state index is 0.0651. The second-order valence-electron chi connectivity index (χ2n) is 5.38. The van der Waals surface area contributed by atoms with Crippen molar-refractivity contribution in [3.05, 3.63) is 61.9 Å². The van der Waals surface area contributed by atoms with E-state index in [0.29, 0.717) is 0 Å². The van der Waals surface area contributed by atoms with Crippen LogP contribution < -0.4 is 4.74 Å². The van der Waals surface area contributed by atoms with Gasteiger partial charge in [0.1, 0.15) is 6.61 Å². The molecule has 0 aromatic heterocycles. The van der Waals surface area contributed by atoms with E-state index in [1.807, 2.05) is 0 Å². The molecule has 2 aromatic carbocycles. The number of hydrogen-bond acceptors (Lipinski definition) is 4. The molecule has 0 amide bonds. The summed E-state index contributed by atoms with van der Waals surface area (Å²) in [6.45, 7) is -1.23. The summed E-state index contributed by atoms with van der Waals surface area (Å²) >= 11 is 17.4. The van der Waals surface area contributed by atoms with E-state index in [2.05, 4.69) is 4.74 Å². The fraction of sp³-hybridized carbons (Fsp3) is 0.176. The molecule has 0 radical (unpaired) electrons. The summed E-state index contributed by atoms with van der Waals surface area (Å²) in [6.07, 6.45) is -1.16. The lowest BCUT2D eigenvalue weighted by molar-refractivity contribution is -0.148. The Morgan fingerprint density at radius 1 is 0.759 bits per heavy atom. The molecular formula is C17H8Cl3F5O4. The molecule has 0 aliphatic heterocycles.